The van der Waals surface area contributed by atoms with Crippen LogP contribution >= 0.6 is 0 Å². The van der Waals surface area contributed by atoms with E-state index in [-0.39, 0.29) is 51.4 Å². The number of rotatable bonds is 12. The molecule has 0 aliphatic carbocycles. The number of aromatic nitrogens is 1. The quantitative estimate of drug-likeness (QED) is 0.194. The number of carbonyl (C=O) groups is 3. The van der Waals surface area contributed by atoms with Crippen molar-refractivity contribution in [1.29, 1.82) is 0 Å². The van der Waals surface area contributed by atoms with Gasteiger partial charge in [0.2, 0.25) is 11.8 Å². The average Bonchev–Trinajstić information content (AvgIpc) is 3.32. The van der Waals surface area contributed by atoms with Gasteiger partial charge in [0.05, 0.1) is 18.8 Å². The van der Waals surface area contributed by atoms with Gasteiger partial charge in [-0.15, -0.1) is 0 Å². The zero-order valence-electron chi connectivity index (χ0n) is 20.3. The third-order valence-corrected chi connectivity index (χ3v) is 5.16. The molecule has 0 aromatic carbocycles. The van der Waals surface area contributed by atoms with Crippen LogP contribution in [0.5, 0.6) is 0 Å². The van der Waals surface area contributed by atoms with Gasteiger partial charge in [0.15, 0.2) is 0 Å². The summed E-state index contributed by atoms with van der Waals surface area (Å²) in [6, 6.07) is 5.85. The second-order valence-electron chi connectivity index (χ2n) is 7.59. The van der Waals surface area contributed by atoms with Crippen molar-refractivity contribution >= 4 is 17.8 Å². The van der Waals surface area contributed by atoms with Crippen molar-refractivity contribution in [2.45, 2.75) is 58.0 Å². The van der Waals surface area contributed by atoms with Gasteiger partial charge in [0, 0.05) is 52.2 Å². The van der Waals surface area contributed by atoms with Gasteiger partial charge in [0.25, 0.3) is 0 Å². The molecule has 2 heterocycles. The molecule has 1 aromatic rings. The number of nitrogens with zero attached hydrogens (tertiary/aromatic N) is 3. The van der Waals surface area contributed by atoms with Gasteiger partial charge in [-0.25, -0.2) is 0 Å². The largest absolute Gasteiger partial charge is 0 e. The molecule has 1 unspecified atom stereocenters. The zero-order valence-corrected chi connectivity index (χ0v) is 23.0. The smallest absolute Gasteiger partial charge is 0 e. The van der Waals surface area contributed by atoms with Gasteiger partial charge in [-0.05, 0) is 51.3 Å². The van der Waals surface area contributed by atoms with Crippen LogP contribution < -0.4 is 5.32 Å². The van der Waals surface area contributed by atoms with Gasteiger partial charge in [0.1, 0.15) is 0 Å². The molecule has 0 saturated carbocycles. The number of likely N-dealkylation sites (tertiary alicyclic amines) is 1. The number of hydrogen-bond acceptors (Lipinski definition) is 5. The molecule has 197 valence electrons. The molecule has 11 nitrogen and oxygen atoms in total. The van der Waals surface area contributed by atoms with Crippen molar-refractivity contribution in [3.63, 3.8) is 0 Å². The summed E-state index contributed by atoms with van der Waals surface area (Å²) < 4.78 is 22.5. The number of amides is 2. The van der Waals surface area contributed by atoms with Crippen molar-refractivity contribution in [2.75, 3.05) is 26.2 Å². The van der Waals surface area contributed by atoms with E-state index in [0.29, 0.717) is 25.9 Å². The van der Waals surface area contributed by atoms with Crippen LogP contribution in [0, 0.1) is 20.0 Å². The topological polar surface area (TPSA) is 163 Å². The average molecular weight is 675 g/mol. The minimum absolute atomic E-state index is 0. The molecule has 1 aliphatic heterocycles. The molecular formula is C24H32N4O7Re. The van der Waals surface area contributed by atoms with Crippen LogP contribution in [0.2, 0.25) is 0 Å². The predicted molar refractivity (Wildman–Crippen MR) is 121 cm³/mol. The number of nitrogens with one attached hydrogen (secondary N) is 1. The number of carboxylic acids is 1. The summed E-state index contributed by atoms with van der Waals surface area (Å²) in [4.78, 5) is 43.0. The van der Waals surface area contributed by atoms with Crippen molar-refractivity contribution in [3.8, 4) is 0 Å². The van der Waals surface area contributed by atoms with Gasteiger partial charge in [-0.1, -0.05) is 12.5 Å². The van der Waals surface area contributed by atoms with Gasteiger partial charge >= 0.3 is 39.9 Å². The first kappa shape index (κ1) is 37.9. The Bertz CT molecular complexity index is 788. The molecule has 0 spiro atoms. The van der Waals surface area contributed by atoms with Crippen LogP contribution in [0.25, 0.3) is 0 Å². The predicted octanol–water partition coefficient (Wildman–Crippen LogP) is 1.54. The normalized spacial score (nSPS) is 13.2. The molecule has 2 amide bonds. The van der Waals surface area contributed by atoms with Crippen molar-refractivity contribution in [1.82, 2.24) is 20.1 Å². The van der Waals surface area contributed by atoms with E-state index in [9.17, 15) is 14.4 Å². The Morgan fingerprint density at radius 1 is 1.14 bits per heavy atom. The number of hydrogen-bond donors (Lipinski definition) is 2. The molecule has 1 atom stereocenters. The maximum atomic E-state index is 12.1. The Hall–Kier alpha value is -2.60. The SMILES string of the molecule is CC1CCCN1C(=O)CNC(=O)CCCCCN(CC(=O)O)Cc1ccccn1.[C-]#[O+].[C-]#[O+].[C-]#[O+].[Re]. The second kappa shape index (κ2) is 25.5. The number of unbranched alkanes of at least 4 members (excludes halogenated alkanes) is 2. The maximum Gasteiger partial charge on any atom is 0 e. The van der Waals surface area contributed by atoms with E-state index in [1.165, 1.54) is 0 Å². The van der Waals surface area contributed by atoms with Crippen LogP contribution in [0.1, 0.15) is 51.1 Å². The molecule has 1 fully saturated rings. The Kier molecular flexibility index (Phi) is 26.9. The molecule has 1 radical (unpaired) electrons. The summed E-state index contributed by atoms with van der Waals surface area (Å²) in [7, 11) is 0. The van der Waals surface area contributed by atoms with E-state index < -0.39 is 5.97 Å². The fourth-order valence-corrected chi connectivity index (χ4v) is 3.59. The van der Waals surface area contributed by atoms with Crippen LogP contribution in [-0.4, -0.2) is 69.9 Å². The van der Waals surface area contributed by atoms with Crippen molar-refractivity contribution < 1.29 is 53.9 Å². The fourth-order valence-electron chi connectivity index (χ4n) is 3.59. The van der Waals surface area contributed by atoms with E-state index in [1.807, 2.05) is 34.9 Å². The molecule has 36 heavy (non-hydrogen) atoms. The number of carboxylic acid groups (broad SMARTS) is 1. The molecule has 1 saturated heterocycles. The first-order valence-electron chi connectivity index (χ1n) is 11.0. The summed E-state index contributed by atoms with van der Waals surface area (Å²) in [6.45, 7) is 17.5. The molecule has 1 aromatic heterocycles. The molecule has 0 bridgehead atoms. The Morgan fingerprint density at radius 3 is 2.33 bits per heavy atom. The first-order chi connectivity index (χ1) is 17.0. The Labute approximate surface area is 225 Å². The molecule has 12 heteroatoms. The number of pyridine rings is 1. The van der Waals surface area contributed by atoms with Crippen molar-refractivity contribution in [3.05, 3.63) is 50.0 Å². The molecule has 2 rings (SSSR count). The van der Waals surface area contributed by atoms with E-state index in [0.717, 1.165) is 37.9 Å². The van der Waals surface area contributed by atoms with Gasteiger partial charge < -0.3 is 15.3 Å². The second-order valence-corrected chi connectivity index (χ2v) is 7.59. The third-order valence-electron chi connectivity index (χ3n) is 5.16. The Balaban J connectivity index is -0.00000144. The zero-order chi connectivity index (χ0) is 27.1. The monoisotopic (exact) mass is 675 g/mol. The summed E-state index contributed by atoms with van der Waals surface area (Å²) in [6.07, 6.45) is 6.47. The maximum absolute atomic E-state index is 12.1. The van der Waals surface area contributed by atoms with Gasteiger partial charge in [-0.2, -0.15) is 0 Å². The van der Waals surface area contributed by atoms with E-state index in [2.05, 4.69) is 30.3 Å². The summed E-state index contributed by atoms with van der Waals surface area (Å²) >= 11 is 0. The van der Waals surface area contributed by atoms with E-state index in [4.69, 9.17) is 19.1 Å². The third kappa shape index (κ3) is 17.8. The fraction of sp³-hybridized carbons (Fsp3) is 0.542. The first-order valence-corrected chi connectivity index (χ1v) is 11.0. The van der Waals surface area contributed by atoms with Crippen molar-refractivity contribution in [2.24, 2.45) is 0 Å². The van der Waals surface area contributed by atoms with Crippen LogP contribution in [0.15, 0.2) is 24.4 Å². The standard InChI is InChI=1S/C21H32N4O4.3CO.Re/c1-17-8-7-13-25(17)20(27)14-23-19(26)10-3-2-6-12-24(16-21(28)29)15-18-9-4-5-11-22-18;3*1-2;/h4-5,9,11,17H,2-3,6-8,10,12-16H2,1H3,(H,23,26)(H,28,29);;;;. The van der Waals surface area contributed by atoms with Gasteiger partial charge in [-0.3, -0.25) is 24.3 Å². The summed E-state index contributed by atoms with van der Waals surface area (Å²) in [5.41, 5.74) is 0.838. The molecular weight excluding hydrogens is 642 g/mol. The minimum atomic E-state index is -0.864. The summed E-state index contributed by atoms with van der Waals surface area (Å²) in [5, 5.41) is 11.8. The number of aliphatic carboxylic acids is 1. The van der Waals surface area contributed by atoms with Crippen LogP contribution in [0.3, 0.4) is 0 Å². The summed E-state index contributed by atoms with van der Waals surface area (Å²) in [5.74, 6) is -0.986. The molecule has 2 N–H and O–H groups in total. The number of carbonyl (C=O) groups excluding carboxylic acids is 2. The van der Waals surface area contributed by atoms with E-state index in [1.54, 1.807) is 6.20 Å². The van der Waals surface area contributed by atoms with Crippen LogP contribution in [0.4, 0.5) is 0 Å². The van der Waals surface area contributed by atoms with E-state index >= 15 is 0 Å². The Morgan fingerprint density at radius 2 is 1.81 bits per heavy atom. The minimum Gasteiger partial charge on any atom is 0 e. The van der Waals surface area contributed by atoms with Crippen LogP contribution in [-0.2, 0) is 55.3 Å². The molecule has 1 aliphatic rings.